The van der Waals surface area contributed by atoms with Crippen molar-refractivity contribution < 1.29 is 13.6 Å². The average molecular weight is 244 g/mol. The lowest BCUT2D eigenvalue weighted by Gasteiger charge is -1.96. The maximum absolute atomic E-state index is 11.9. The van der Waals surface area contributed by atoms with Gasteiger partial charge in [0.2, 0.25) is 0 Å². The van der Waals surface area contributed by atoms with Crippen LogP contribution in [0, 0.1) is 6.92 Å². The molecular formula is C14H12O4. The van der Waals surface area contributed by atoms with E-state index in [-0.39, 0.29) is 0 Å². The Kier molecular flexibility index (Phi) is 2.37. The fraction of sp³-hybridized carbons (Fsp3) is 0.214. The van der Waals surface area contributed by atoms with Crippen LogP contribution in [0.1, 0.15) is 12.5 Å². The SMILES string of the molecule is CCOc1oc2c(c1C)c(=O)oc1ccccc12. The van der Waals surface area contributed by atoms with Crippen LogP contribution < -0.4 is 10.4 Å². The van der Waals surface area contributed by atoms with Crippen LogP contribution >= 0.6 is 0 Å². The number of hydrogen-bond donors (Lipinski definition) is 0. The van der Waals surface area contributed by atoms with Gasteiger partial charge in [-0.25, -0.2) is 4.79 Å². The number of fused-ring (bicyclic) bond motifs is 3. The van der Waals surface area contributed by atoms with Crippen LogP contribution in [0.4, 0.5) is 0 Å². The molecule has 4 heteroatoms. The van der Waals surface area contributed by atoms with Gasteiger partial charge in [-0.05, 0) is 26.0 Å². The molecule has 0 spiro atoms. The smallest absolute Gasteiger partial charge is 0.347 e. The minimum Gasteiger partial charge on any atom is -0.465 e. The Bertz CT molecular complexity index is 779. The predicted octanol–water partition coefficient (Wildman–Crippen LogP) is 3.25. The monoisotopic (exact) mass is 244 g/mol. The van der Waals surface area contributed by atoms with Crippen molar-refractivity contribution in [3.8, 4) is 5.95 Å². The largest absolute Gasteiger partial charge is 0.465 e. The molecule has 2 aromatic heterocycles. The second kappa shape index (κ2) is 3.91. The van der Waals surface area contributed by atoms with Crippen LogP contribution in [0.5, 0.6) is 5.95 Å². The molecule has 0 aliphatic carbocycles. The van der Waals surface area contributed by atoms with E-state index < -0.39 is 5.63 Å². The van der Waals surface area contributed by atoms with E-state index in [1.54, 1.807) is 13.0 Å². The molecule has 0 unspecified atom stereocenters. The molecule has 0 atom stereocenters. The van der Waals surface area contributed by atoms with Crippen molar-refractivity contribution in [3.63, 3.8) is 0 Å². The van der Waals surface area contributed by atoms with Gasteiger partial charge < -0.3 is 13.6 Å². The van der Waals surface area contributed by atoms with Gasteiger partial charge in [0, 0.05) is 5.56 Å². The molecule has 0 aliphatic heterocycles. The lowest BCUT2D eigenvalue weighted by Crippen LogP contribution is -1.99. The second-order valence-electron chi connectivity index (χ2n) is 4.04. The minimum atomic E-state index is -0.393. The van der Waals surface area contributed by atoms with E-state index in [4.69, 9.17) is 13.6 Å². The third kappa shape index (κ3) is 1.42. The molecule has 0 amide bonds. The number of benzene rings is 1. The van der Waals surface area contributed by atoms with Crippen molar-refractivity contribution in [3.05, 3.63) is 40.2 Å². The molecule has 2 heterocycles. The Morgan fingerprint density at radius 1 is 1.22 bits per heavy atom. The summed E-state index contributed by atoms with van der Waals surface area (Å²) in [5.74, 6) is 0.385. The van der Waals surface area contributed by atoms with Crippen molar-refractivity contribution in [1.29, 1.82) is 0 Å². The van der Waals surface area contributed by atoms with Gasteiger partial charge in [0.25, 0.3) is 5.95 Å². The predicted molar refractivity (Wildman–Crippen MR) is 68.2 cm³/mol. The lowest BCUT2D eigenvalue weighted by atomic mass is 10.1. The Balaban J connectivity index is 2.49. The van der Waals surface area contributed by atoms with E-state index in [0.717, 1.165) is 5.39 Å². The molecule has 0 saturated heterocycles. The van der Waals surface area contributed by atoms with Crippen LogP contribution in [0.3, 0.4) is 0 Å². The van der Waals surface area contributed by atoms with E-state index in [1.165, 1.54) is 0 Å². The molecule has 0 aliphatic rings. The Morgan fingerprint density at radius 3 is 2.78 bits per heavy atom. The highest BCUT2D eigenvalue weighted by Crippen LogP contribution is 2.33. The number of rotatable bonds is 2. The summed E-state index contributed by atoms with van der Waals surface area (Å²) in [5.41, 5.74) is 1.34. The van der Waals surface area contributed by atoms with E-state index in [9.17, 15) is 4.79 Å². The average Bonchev–Trinajstić information content (AvgIpc) is 2.69. The van der Waals surface area contributed by atoms with Crippen molar-refractivity contribution in [2.45, 2.75) is 13.8 Å². The van der Waals surface area contributed by atoms with Crippen LogP contribution in [0.15, 0.2) is 37.9 Å². The molecule has 0 bridgehead atoms. The van der Waals surface area contributed by atoms with Gasteiger partial charge in [0.05, 0.1) is 12.0 Å². The zero-order valence-corrected chi connectivity index (χ0v) is 10.1. The van der Waals surface area contributed by atoms with Crippen LogP contribution in [-0.4, -0.2) is 6.61 Å². The minimum absolute atomic E-state index is 0.385. The Morgan fingerprint density at radius 2 is 2.00 bits per heavy atom. The maximum Gasteiger partial charge on any atom is 0.347 e. The van der Waals surface area contributed by atoms with Gasteiger partial charge in [-0.15, -0.1) is 0 Å². The quantitative estimate of drug-likeness (QED) is 0.649. The molecule has 18 heavy (non-hydrogen) atoms. The van der Waals surface area contributed by atoms with Gasteiger partial charge in [-0.1, -0.05) is 12.1 Å². The highest BCUT2D eigenvalue weighted by molar-refractivity contribution is 6.02. The number of aryl methyl sites for hydroxylation is 1. The summed E-state index contributed by atoms with van der Waals surface area (Å²) in [6.07, 6.45) is 0. The van der Waals surface area contributed by atoms with Gasteiger partial charge in [-0.2, -0.15) is 0 Å². The molecule has 1 aromatic carbocycles. The summed E-state index contributed by atoms with van der Waals surface area (Å²) in [7, 11) is 0. The zero-order valence-electron chi connectivity index (χ0n) is 10.1. The molecule has 0 radical (unpaired) electrons. The molecule has 0 N–H and O–H groups in total. The summed E-state index contributed by atoms with van der Waals surface area (Å²) in [5, 5.41) is 1.23. The van der Waals surface area contributed by atoms with E-state index in [2.05, 4.69) is 0 Å². The Hall–Kier alpha value is -2.23. The number of ether oxygens (including phenoxy) is 1. The second-order valence-corrected chi connectivity index (χ2v) is 4.04. The summed E-state index contributed by atoms with van der Waals surface area (Å²) >= 11 is 0. The molecule has 0 fully saturated rings. The zero-order chi connectivity index (χ0) is 12.7. The highest BCUT2D eigenvalue weighted by Gasteiger charge is 2.18. The third-order valence-corrected chi connectivity index (χ3v) is 2.92. The first-order valence-corrected chi connectivity index (χ1v) is 5.80. The molecule has 3 aromatic rings. The number of furan rings is 1. The first kappa shape index (κ1) is 10.9. The first-order chi connectivity index (χ1) is 8.72. The van der Waals surface area contributed by atoms with Crippen molar-refractivity contribution >= 4 is 21.9 Å². The maximum atomic E-state index is 11.9. The van der Waals surface area contributed by atoms with E-state index in [1.807, 2.05) is 25.1 Å². The highest BCUT2D eigenvalue weighted by atomic mass is 16.6. The summed E-state index contributed by atoms with van der Waals surface area (Å²) in [6, 6.07) is 7.30. The fourth-order valence-electron chi connectivity index (χ4n) is 2.09. The Labute approximate surface area is 103 Å². The molecule has 3 rings (SSSR count). The molecule has 0 saturated carbocycles. The van der Waals surface area contributed by atoms with Gasteiger partial charge in [0.1, 0.15) is 11.0 Å². The number of hydrogen-bond acceptors (Lipinski definition) is 4. The van der Waals surface area contributed by atoms with Crippen LogP contribution in [0.25, 0.3) is 21.9 Å². The lowest BCUT2D eigenvalue weighted by molar-refractivity contribution is 0.263. The summed E-state index contributed by atoms with van der Waals surface area (Å²) < 4.78 is 16.3. The standard InChI is InChI=1S/C14H12O4/c1-3-16-14-8(2)11-12(18-14)9-6-4-5-7-10(9)17-13(11)15/h4-7H,3H2,1-2H3. The summed E-state index contributed by atoms with van der Waals surface area (Å²) in [6.45, 7) is 4.15. The van der Waals surface area contributed by atoms with E-state index in [0.29, 0.717) is 34.7 Å². The third-order valence-electron chi connectivity index (χ3n) is 2.92. The van der Waals surface area contributed by atoms with Crippen LogP contribution in [0.2, 0.25) is 0 Å². The van der Waals surface area contributed by atoms with Gasteiger partial charge in [-0.3, -0.25) is 0 Å². The molecule has 4 nitrogen and oxygen atoms in total. The summed E-state index contributed by atoms with van der Waals surface area (Å²) in [4.78, 5) is 11.9. The molecule has 92 valence electrons. The van der Waals surface area contributed by atoms with Crippen molar-refractivity contribution in [2.24, 2.45) is 0 Å². The number of para-hydroxylation sites is 1. The topological polar surface area (TPSA) is 52.6 Å². The van der Waals surface area contributed by atoms with Gasteiger partial charge in [0.15, 0.2) is 5.58 Å². The fourth-order valence-corrected chi connectivity index (χ4v) is 2.09. The van der Waals surface area contributed by atoms with Crippen molar-refractivity contribution in [2.75, 3.05) is 6.61 Å². The molecular weight excluding hydrogens is 232 g/mol. The van der Waals surface area contributed by atoms with E-state index >= 15 is 0 Å². The van der Waals surface area contributed by atoms with Crippen LogP contribution in [-0.2, 0) is 0 Å². The van der Waals surface area contributed by atoms with Crippen molar-refractivity contribution in [1.82, 2.24) is 0 Å². The van der Waals surface area contributed by atoms with Gasteiger partial charge >= 0.3 is 5.63 Å². The first-order valence-electron chi connectivity index (χ1n) is 5.80. The normalized spacial score (nSPS) is 11.2.